The van der Waals surface area contributed by atoms with Gasteiger partial charge in [-0.1, -0.05) is 41.6 Å². The summed E-state index contributed by atoms with van der Waals surface area (Å²) in [4.78, 5) is 14.2. The van der Waals surface area contributed by atoms with E-state index in [1.54, 1.807) is 21.7 Å². The molecule has 1 saturated heterocycles. The van der Waals surface area contributed by atoms with E-state index in [0.717, 1.165) is 28.8 Å². The lowest BCUT2D eigenvalue weighted by molar-refractivity contribution is -0.132. The quantitative estimate of drug-likeness (QED) is 0.617. The fraction of sp³-hybridized carbons (Fsp3) is 0.304. The second-order valence-electron chi connectivity index (χ2n) is 7.75. The fourth-order valence-corrected chi connectivity index (χ4v) is 3.82. The highest BCUT2D eigenvalue weighted by Crippen LogP contribution is 2.20. The van der Waals surface area contributed by atoms with E-state index in [0.29, 0.717) is 25.9 Å². The normalized spacial score (nSPS) is 16.3. The van der Waals surface area contributed by atoms with Gasteiger partial charge in [0.2, 0.25) is 5.91 Å². The van der Waals surface area contributed by atoms with Gasteiger partial charge in [-0.15, -0.1) is 17.5 Å². The van der Waals surface area contributed by atoms with Crippen molar-refractivity contribution in [2.75, 3.05) is 6.54 Å². The smallest absolute Gasteiger partial charge is 0.240 e. The molecule has 1 aromatic heterocycles. The molecule has 1 aliphatic heterocycles. The van der Waals surface area contributed by atoms with Crippen LogP contribution in [0.3, 0.4) is 0 Å². The molecular formula is C23H24ClFN6O. The average Bonchev–Trinajstić information content (AvgIpc) is 3.45. The van der Waals surface area contributed by atoms with Crippen molar-refractivity contribution in [2.45, 2.75) is 37.9 Å². The summed E-state index contributed by atoms with van der Waals surface area (Å²) in [5, 5.41) is 17.5. The third-order valence-electron chi connectivity index (χ3n) is 5.50. The highest BCUT2D eigenvalue weighted by atomic mass is 35.5. The molecule has 2 heterocycles. The van der Waals surface area contributed by atoms with Gasteiger partial charge in [-0.2, -0.15) is 5.26 Å². The van der Waals surface area contributed by atoms with Gasteiger partial charge in [-0.25, -0.2) is 9.07 Å². The average molecular weight is 455 g/mol. The second kappa shape index (κ2) is 10.4. The number of aromatic nitrogens is 3. The van der Waals surface area contributed by atoms with E-state index in [2.05, 4.69) is 16.4 Å². The van der Waals surface area contributed by atoms with Gasteiger partial charge in [0.15, 0.2) is 0 Å². The zero-order valence-corrected chi connectivity index (χ0v) is 18.2. The lowest BCUT2D eigenvalue weighted by Gasteiger charge is -2.23. The lowest BCUT2D eigenvalue weighted by Crippen LogP contribution is -2.46. The molecule has 32 heavy (non-hydrogen) atoms. The molecule has 9 heteroatoms. The number of carbonyl (C=O) groups is 1. The van der Waals surface area contributed by atoms with Crippen molar-refractivity contribution in [1.29, 1.82) is 5.26 Å². The van der Waals surface area contributed by atoms with Crippen LogP contribution in [0, 0.1) is 17.1 Å². The van der Waals surface area contributed by atoms with E-state index in [1.165, 1.54) is 12.1 Å². The minimum absolute atomic E-state index is 0. The Balaban J connectivity index is 0.00000289. The molecule has 0 saturated carbocycles. The van der Waals surface area contributed by atoms with Gasteiger partial charge in [0.1, 0.15) is 17.6 Å². The minimum Gasteiger partial charge on any atom is -0.325 e. The van der Waals surface area contributed by atoms with Crippen LogP contribution in [0.2, 0.25) is 0 Å². The summed E-state index contributed by atoms with van der Waals surface area (Å²) in [6, 6.07) is 15.1. The Morgan fingerprint density at radius 2 is 1.88 bits per heavy atom. The van der Waals surface area contributed by atoms with Crippen molar-refractivity contribution in [3.63, 3.8) is 0 Å². The molecule has 2 N–H and O–H groups in total. The topological polar surface area (TPSA) is 101 Å². The van der Waals surface area contributed by atoms with Gasteiger partial charge >= 0.3 is 0 Å². The Morgan fingerprint density at radius 3 is 2.56 bits per heavy atom. The van der Waals surface area contributed by atoms with Gasteiger partial charge in [0.05, 0.1) is 24.9 Å². The summed E-state index contributed by atoms with van der Waals surface area (Å²) in [5.41, 5.74) is 9.63. The van der Waals surface area contributed by atoms with Crippen LogP contribution in [0.5, 0.6) is 0 Å². The number of nitrogens with zero attached hydrogens (tertiary/aromatic N) is 5. The van der Waals surface area contributed by atoms with Gasteiger partial charge in [-0.05, 0) is 42.5 Å². The molecule has 0 radical (unpaired) electrons. The molecule has 7 nitrogen and oxygen atoms in total. The maximum absolute atomic E-state index is 13.0. The van der Waals surface area contributed by atoms with Crippen LogP contribution in [-0.2, 0) is 17.8 Å². The molecule has 2 atom stereocenters. The summed E-state index contributed by atoms with van der Waals surface area (Å²) in [5.74, 6) is -0.438. The highest BCUT2D eigenvalue weighted by molar-refractivity contribution is 5.85. The van der Waals surface area contributed by atoms with E-state index in [-0.39, 0.29) is 30.2 Å². The number of rotatable bonds is 6. The summed E-state index contributed by atoms with van der Waals surface area (Å²) >= 11 is 0. The van der Waals surface area contributed by atoms with Crippen LogP contribution in [0.1, 0.15) is 24.0 Å². The number of nitrogens with two attached hydrogens (primary N) is 1. The first kappa shape index (κ1) is 23.4. The van der Waals surface area contributed by atoms with Crippen molar-refractivity contribution >= 4 is 18.3 Å². The third kappa shape index (κ3) is 5.31. The number of benzene rings is 2. The largest absolute Gasteiger partial charge is 0.325 e. The molecular weight excluding hydrogens is 431 g/mol. The van der Waals surface area contributed by atoms with Crippen LogP contribution >= 0.6 is 12.4 Å². The maximum atomic E-state index is 13.0. The molecule has 166 valence electrons. The molecule has 4 rings (SSSR count). The first-order valence-corrected chi connectivity index (χ1v) is 10.2. The summed E-state index contributed by atoms with van der Waals surface area (Å²) in [6.45, 7) is 1.10. The molecule has 1 aliphatic rings. The minimum atomic E-state index is -0.670. The van der Waals surface area contributed by atoms with E-state index in [1.807, 2.05) is 30.5 Å². The van der Waals surface area contributed by atoms with Gasteiger partial charge in [0.25, 0.3) is 0 Å². The van der Waals surface area contributed by atoms with E-state index in [9.17, 15) is 14.4 Å². The van der Waals surface area contributed by atoms with Crippen molar-refractivity contribution in [3.05, 3.63) is 71.7 Å². The second-order valence-corrected chi connectivity index (χ2v) is 7.75. The van der Waals surface area contributed by atoms with Gasteiger partial charge in [0, 0.05) is 12.1 Å². The van der Waals surface area contributed by atoms with Crippen LogP contribution in [0.25, 0.3) is 11.3 Å². The number of hydrogen-bond acceptors (Lipinski definition) is 5. The van der Waals surface area contributed by atoms with Crippen molar-refractivity contribution < 1.29 is 9.18 Å². The molecule has 1 amide bonds. The number of halogens is 2. The standard InChI is InChI=1S/C23H23FN6O.ClH/c24-19-9-5-17(6-10-19)14-29-15-22(27-28-29)18-7-3-16(4-8-18)12-21(26)23(31)30-11-1-2-20(30)13-25;/h3-10,15,20-21H,1-2,11-12,14,26H2;1H/t20-,21-;/m0./s1. The van der Waals surface area contributed by atoms with Crippen molar-refractivity contribution in [3.8, 4) is 17.3 Å². The Morgan fingerprint density at radius 1 is 1.19 bits per heavy atom. The first-order valence-electron chi connectivity index (χ1n) is 10.2. The zero-order chi connectivity index (χ0) is 21.8. The van der Waals surface area contributed by atoms with Crippen LogP contribution in [0.4, 0.5) is 4.39 Å². The van der Waals surface area contributed by atoms with E-state index in [4.69, 9.17) is 5.73 Å². The molecule has 3 aromatic rings. The number of hydrogen-bond donors (Lipinski definition) is 1. The number of amides is 1. The van der Waals surface area contributed by atoms with Gasteiger partial charge < -0.3 is 10.6 Å². The number of likely N-dealkylation sites (tertiary alicyclic amines) is 1. The molecule has 0 spiro atoms. The summed E-state index contributed by atoms with van der Waals surface area (Å²) in [7, 11) is 0. The molecule has 2 aromatic carbocycles. The summed E-state index contributed by atoms with van der Waals surface area (Å²) < 4.78 is 14.7. The number of carbonyl (C=O) groups excluding carboxylic acids is 1. The third-order valence-corrected chi connectivity index (χ3v) is 5.50. The monoisotopic (exact) mass is 454 g/mol. The zero-order valence-electron chi connectivity index (χ0n) is 17.4. The number of nitriles is 1. The van der Waals surface area contributed by atoms with Crippen LogP contribution < -0.4 is 5.73 Å². The molecule has 1 fully saturated rings. The maximum Gasteiger partial charge on any atom is 0.240 e. The Labute approximate surface area is 192 Å². The van der Waals surface area contributed by atoms with Crippen molar-refractivity contribution in [2.24, 2.45) is 5.73 Å². The highest BCUT2D eigenvalue weighted by Gasteiger charge is 2.31. The molecule has 0 aliphatic carbocycles. The van der Waals surface area contributed by atoms with Crippen molar-refractivity contribution in [1.82, 2.24) is 19.9 Å². The van der Waals surface area contributed by atoms with Crippen LogP contribution in [0.15, 0.2) is 54.7 Å². The summed E-state index contributed by atoms with van der Waals surface area (Å²) in [6.07, 6.45) is 3.80. The lowest BCUT2D eigenvalue weighted by atomic mass is 10.0. The van der Waals surface area contributed by atoms with E-state index < -0.39 is 6.04 Å². The Kier molecular flexibility index (Phi) is 7.57. The van der Waals surface area contributed by atoms with E-state index >= 15 is 0 Å². The predicted octanol–water partition coefficient (Wildman–Crippen LogP) is 2.94. The molecule has 0 bridgehead atoms. The molecule has 0 unspecified atom stereocenters. The Bertz CT molecular complexity index is 1090. The Hall–Kier alpha value is -3.28. The first-order chi connectivity index (χ1) is 15.0. The fourth-order valence-electron chi connectivity index (χ4n) is 3.82. The van der Waals surface area contributed by atoms with Gasteiger partial charge in [-0.3, -0.25) is 4.79 Å². The van der Waals surface area contributed by atoms with Crippen LogP contribution in [-0.4, -0.2) is 44.4 Å². The predicted molar refractivity (Wildman–Crippen MR) is 120 cm³/mol. The SMILES string of the molecule is Cl.N#C[C@@H]1CCCN1C(=O)[C@@H](N)Cc1ccc(-c2cn(Cc3ccc(F)cc3)nn2)cc1.